The van der Waals surface area contributed by atoms with E-state index in [9.17, 15) is 14.4 Å². The Morgan fingerprint density at radius 2 is 2.03 bits per heavy atom. The van der Waals surface area contributed by atoms with Crippen molar-refractivity contribution in [3.05, 3.63) is 68.7 Å². The van der Waals surface area contributed by atoms with Gasteiger partial charge in [-0.3, -0.25) is 14.3 Å². The van der Waals surface area contributed by atoms with E-state index >= 15 is 0 Å². The second kappa shape index (κ2) is 8.33. The first kappa shape index (κ1) is 21.9. The van der Waals surface area contributed by atoms with E-state index in [1.165, 1.54) is 10.6 Å². The van der Waals surface area contributed by atoms with Crippen molar-refractivity contribution in [2.75, 3.05) is 16.8 Å². The van der Waals surface area contributed by atoms with Gasteiger partial charge in [-0.15, -0.1) is 0 Å². The molecule has 0 saturated heterocycles. The Labute approximate surface area is 191 Å². The summed E-state index contributed by atoms with van der Waals surface area (Å²) in [7, 11) is 0. The van der Waals surface area contributed by atoms with Gasteiger partial charge in [-0.1, -0.05) is 17.7 Å². The molecule has 166 valence electrons. The number of nitrogens with zero attached hydrogens (tertiary/aromatic N) is 6. The van der Waals surface area contributed by atoms with Crippen molar-refractivity contribution in [1.82, 2.24) is 24.5 Å². The zero-order valence-corrected chi connectivity index (χ0v) is 18.2. The second-order valence-electron chi connectivity index (χ2n) is 7.17. The minimum absolute atomic E-state index is 0.0163. The number of hydrogen-bond acceptors (Lipinski definition) is 9. The summed E-state index contributed by atoms with van der Waals surface area (Å²) < 4.78 is 15.3. The summed E-state index contributed by atoms with van der Waals surface area (Å²) in [6, 6.07) is 7.27. The van der Waals surface area contributed by atoms with Crippen LogP contribution in [0.2, 0.25) is 5.02 Å². The third-order valence-corrected chi connectivity index (χ3v) is 5.26. The first-order valence-corrected chi connectivity index (χ1v) is 10.0. The molecule has 0 aliphatic carbocycles. The number of halogens is 2. The van der Waals surface area contributed by atoms with E-state index in [1.807, 2.05) is 6.07 Å². The molecule has 1 atom stereocenters. The summed E-state index contributed by atoms with van der Waals surface area (Å²) in [5.41, 5.74) is 11.9. The largest absolute Gasteiger partial charge is 0.382 e. The van der Waals surface area contributed by atoms with E-state index < -0.39 is 17.4 Å². The number of pyridine rings is 1. The van der Waals surface area contributed by atoms with Crippen LogP contribution >= 0.6 is 11.6 Å². The molecule has 0 aliphatic rings. The van der Waals surface area contributed by atoms with Crippen molar-refractivity contribution in [1.29, 1.82) is 5.26 Å². The molecular formula is C21H17ClFN9O. The molecule has 0 saturated carbocycles. The zero-order chi connectivity index (χ0) is 23.9. The van der Waals surface area contributed by atoms with Crippen molar-refractivity contribution >= 4 is 40.1 Å². The number of nitrogens with one attached hydrogen (secondary N) is 1. The van der Waals surface area contributed by atoms with Gasteiger partial charge in [0.1, 0.15) is 29.1 Å². The highest BCUT2D eigenvalue weighted by Gasteiger charge is 2.23. The Kier molecular flexibility index (Phi) is 5.53. The van der Waals surface area contributed by atoms with E-state index in [1.54, 1.807) is 32.0 Å². The highest BCUT2D eigenvalue weighted by Crippen LogP contribution is 2.27. The van der Waals surface area contributed by atoms with Gasteiger partial charge >= 0.3 is 0 Å². The fourth-order valence-corrected chi connectivity index (χ4v) is 3.68. The summed E-state index contributed by atoms with van der Waals surface area (Å²) in [5, 5.41) is 12.8. The topological polar surface area (TPSA) is 161 Å². The Morgan fingerprint density at radius 1 is 1.27 bits per heavy atom. The average molecular weight is 466 g/mol. The number of hydrogen-bond donors (Lipinski definition) is 3. The zero-order valence-electron chi connectivity index (χ0n) is 17.5. The summed E-state index contributed by atoms with van der Waals surface area (Å²) in [6.45, 7) is 3.33. The van der Waals surface area contributed by atoms with Crippen LogP contribution in [-0.4, -0.2) is 24.5 Å². The number of aryl methyl sites for hydroxylation is 1. The van der Waals surface area contributed by atoms with E-state index in [0.29, 0.717) is 11.2 Å². The monoisotopic (exact) mass is 465 g/mol. The number of benzene rings is 1. The van der Waals surface area contributed by atoms with Crippen LogP contribution in [0.5, 0.6) is 0 Å². The fourth-order valence-electron chi connectivity index (χ4n) is 3.43. The molecule has 1 unspecified atom stereocenters. The Hall–Kier alpha value is -4.30. The minimum Gasteiger partial charge on any atom is -0.382 e. The molecule has 3 aromatic heterocycles. The molecule has 0 radical (unpaired) electrons. The van der Waals surface area contributed by atoms with Gasteiger partial charge in [0.25, 0.3) is 5.56 Å². The van der Waals surface area contributed by atoms with Crippen LogP contribution in [0.25, 0.3) is 16.6 Å². The van der Waals surface area contributed by atoms with Crippen molar-refractivity contribution < 1.29 is 4.39 Å². The molecule has 0 bridgehead atoms. The first-order valence-electron chi connectivity index (χ1n) is 9.64. The van der Waals surface area contributed by atoms with Crippen molar-refractivity contribution in [3.8, 4) is 11.8 Å². The van der Waals surface area contributed by atoms with Crippen molar-refractivity contribution in [2.24, 2.45) is 0 Å². The van der Waals surface area contributed by atoms with Crippen LogP contribution < -0.4 is 22.3 Å². The summed E-state index contributed by atoms with van der Waals surface area (Å²) in [6.07, 6.45) is 1.05. The molecule has 0 amide bonds. The lowest BCUT2D eigenvalue weighted by molar-refractivity contribution is 0.616. The van der Waals surface area contributed by atoms with Gasteiger partial charge in [0.2, 0.25) is 5.95 Å². The van der Waals surface area contributed by atoms with Gasteiger partial charge in [-0.05, 0) is 26.0 Å². The predicted molar refractivity (Wildman–Crippen MR) is 122 cm³/mol. The lowest BCUT2D eigenvalue weighted by Gasteiger charge is -2.21. The third kappa shape index (κ3) is 3.88. The number of fused-ring (bicyclic) bond motifs is 1. The highest BCUT2D eigenvalue weighted by molar-refractivity contribution is 6.35. The van der Waals surface area contributed by atoms with Gasteiger partial charge in [0.15, 0.2) is 5.82 Å². The molecule has 33 heavy (non-hydrogen) atoms. The molecule has 1 aromatic carbocycles. The molecule has 0 spiro atoms. The number of nitriles is 1. The summed E-state index contributed by atoms with van der Waals surface area (Å²) >= 11 is 6.29. The lowest BCUT2D eigenvalue weighted by Crippen LogP contribution is -2.28. The van der Waals surface area contributed by atoms with Crippen LogP contribution in [0.1, 0.15) is 30.0 Å². The van der Waals surface area contributed by atoms with E-state index in [0.717, 1.165) is 6.20 Å². The van der Waals surface area contributed by atoms with Gasteiger partial charge in [-0.25, -0.2) is 9.37 Å². The predicted octanol–water partition coefficient (Wildman–Crippen LogP) is 2.88. The number of aromatic nitrogens is 5. The van der Waals surface area contributed by atoms with Gasteiger partial charge < -0.3 is 16.8 Å². The normalized spacial score (nSPS) is 11.8. The van der Waals surface area contributed by atoms with Gasteiger partial charge in [-0.2, -0.15) is 15.2 Å². The average Bonchev–Trinajstić information content (AvgIpc) is 2.75. The molecule has 10 nitrogen and oxygen atoms in total. The second-order valence-corrected chi connectivity index (χ2v) is 7.58. The van der Waals surface area contributed by atoms with Crippen LogP contribution in [0.3, 0.4) is 0 Å². The van der Waals surface area contributed by atoms with Crippen LogP contribution in [0.15, 0.2) is 35.3 Å². The van der Waals surface area contributed by atoms with E-state index in [2.05, 4.69) is 25.3 Å². The van der Waals surface area contributed by atoms with Crippen LogP contribution in [-0.2, 0) is 0 Å². The molecule has 0 aliphatic heterocycles. The molecule has 12 heteroatoms. The number of nitrogen functional groups attached to an aromatic ring is 2. The quantitative estimate of drug-likeness (QED) is 0.411. The van der Waals surface area contributed by atoms with Crippen molar-refractivity contribution in [2.45, 2.75) is 19.9 Å². The Morgan fingerprint density at radius 3 is 2.76 bits per heavy atom. The maximum Gasteiger partial charge on any atom is 0.267 e. The fraction of sp³-hybridized carbons (Fsp3) is 0.143. The molecule has 4 aromatic rings. The standard InChI is InChI=1S/C21H17ClFN9O/c1-9-15(6-11(23)8-27-9)32-19(29-14-5-3-4-13(22)16(14)20(32)33)10(2)28-18-12(7-24)17(25)30-21(26)31-18/h3-6,8,10H,1-2H3,(H5,25,26,28,30,31). The Balaban J connectivity index is 1.99. The molecule has 0 fully saturated rings. The molecule has 5 N–H and O–H groups in total. The number of anilines is 3. The maximum atomic E-state index is 14.1. The lowest BCUT2D eigenvalue weighted by atomic mass is 10.2. The minimum atomic E-state index is -0.718. The third-order valence-electron chi connectivity index (χ3n) is 4.95. The SMILES string of the molecule is Cc1ncc(F)cc1-n1c(C(C)Nc2nc(N)nc(N)c2C#N)nc2cccc(Cl)c2c1=O. The highest BCUT2D eigenvalue weighted by atomic mass is 35.5. The Bertz CT molecular complexity index is 1510. The summed E-state index contributed by atoms with van der Waals surface area (Å²) in [4.78, 5) is 30.0. The van der Waals surface area contributed by atoms with Gasteiger partial charge in [0.05, 0.1) is 39.5 Å². The van der Waals surface area contributed by atoms with Crippen molar-refractivity contribution in [3.63, 3.8) is 0 Å². The van der Waals surface area contributed by atoms with E-state index in [-0.39, 0.29) is 45.1 Å². The molecule has 4 rings (SSSR count). The summed E-state index contributed by atoms with van der Waals surface area (Å²) in [5.74, 6) is -0.597. The maximum absolute atomic E-state index is 14.1. The van der Waals surface area contributed by atoms with Crippen LogP contribution in [0.4, 0.5) is 22.0 Å². The van der Waals surface area contributed by atoms with Crippen LogP contribution in [0, 0.1) is 24.1 Å². The first-order chi connectivity index (χ1) is 15.7. The molecular weight excluding hydrogens is 449 g/mol. The molecule has 3 heterocycles. The smallest absolute Gasteiger partial charge is 0.267 e. The number of rotatable bonds is 4. The number of nitrogens with two attached hydrogens (primary N) is 2. The van der Waals surface area contributed by atoms with Gasteiger partial charge in [0, 0.05) is 6.07 Å². The van der Waals surface area contributed by atoms with E-state index in [4.69, 9.17) is 23.1 Å².